The summed E-state index contributed by atoms with van der Waals surface area (Å²) in [5.41, 5.74) is 0. The maximum absolute atomic E-state index is 11.9. The van der Waals surface area contributed by atoms with E-state index < -0.39 is 31.3 Å². The van der Waals surface area contributed by atoms with Crippen LogP contribution in [0.5, 0.6) is 0 Å². The van der Waals surface area contributed by atoms with Crippen LogP contribution >= 0.6 is 0 Å². The van der Waals surface area contributed by atoms with Crippen molar-refractivity contribution in [3.05, 3.63) is 0 Å². The van der Waals surface area contributed by atoms with Gasteiger partial charge in [0.05, 0.1) is 13.2 Å². The third-order valence-electron chi connectivity index (χ3n) is 7.10. The molecule has 0 fully saturated rings. The lowest BCUT2D eigenvalue weighted by Gasteiger charge is -2.38. The molecule has 0 aromatic carbocycles. The van der Waals surface area contributed by atoms with E-state index in [-0.39, 0.29) is 19.3 Å². The Hall–Kier alpha value is -0.969. The van der Waals surface area contributed by atoms with Crippen LogP contribution in [0.4, 0.5) is 9.59 Å². The van der Waals surface area contributed by atoms with Crippen LogP contribution in [-0.2, 0) is 27.2 Å². The molecule has 0 rings (SSSR count). The van der Waals surface area contributed by atoms with Crippen molar-refractivity contribution in [2.45, 2.75) is 135 Å². The number of carbonyl (C=O) groups is 2. The van der Waals surface area contributed by atoms with Gasteiger partial charge < -0.3 is 37.8 Å². The smallest absolute Gasteiger partial charge is 0.407 e. The molecule has 0 aliphatic rings. The summed E-state index contributed by atoms with van der Waals surface area (Å²) in [5.74, 6) is 0. The van der Waals surface area contributed by atoms with Gasteiger partial charge in [0.15, 0.2) is 16.6 Å². The number of amides is 2. The highest BCUT2D eigenvalue weighted by Gasteiger charge is 2.39. The van der Waals surface area contributed by atoms with E-state index in [9.17, 15) is 9.59 Å². The molecule has 0 heterocycles. The predicted molar refractivity (Wildman–Crippen MR) is 187 cm³/mol. The fourth-order valence-corrected chi connectivity index (χ4v) is 19.2. The van der Waals surface area contributed by atoms with Crippen LogP contribution in [0, 0.1) is 0 Å². The number of nitrogens with one attached hydrogen (secondary N) is 2. The molecule has 0 spiro atoms. The van der Waals surface area contributed by atoms with Gasteiger partial charge in [-0.2, -0.15) is 0 Å². The van der Waals surface area contributed by atoms with Gasteiger partial charge in [0.1, 0.15) is 13.2 Å². The number of hydrogen-bond acceptors (Lipinski definition) is 8. The monoisotopic (exact) mass is 680 g/mol. The Kier molecular flexibility index (Phi) is 25.6. The predicted octanol–water partition coefficient (Wildman–Crippen LogP) is 7.95. The lowest BCUT2D eigenvalue weighted by atomic mass is 10.1. The number of rotatable bonds is 29. The molecule has 0 atom stereocenters. The van der Waals surface area contributed by atoms with Crippen molar-refractivity contribution < 1.29 is 36.8 Å². The van der Waals surface area contributed by atoms with Crippen molar-refractivity contribution in [1.82, 2.24) is 10.6 Å². The highest BCUT2D eigenvalue weighted by atomic mass is 28.5. The molecule has 0 aromatic heterocycles. The van der Waals surface area contributed by atoms with Gasteiger partial charge >= 0.3 is 20.7 Å². The maximum atomic E-state index is 11.9. The Labute approximate surface area is 272 Å². The van der Waals surface area contributed by atoms with Gasteiger partial charge in [0.25, 0.3) is 0 Å². The minimum atomic E-state index is -2.28. The Morgan fingerprint density at radius 3 is 1.43 bits per heavy atom. The third-order valence-corrected chi connectivity index (χ3v) is 18.6. The van der Waals surface area contributed by atoms with Gasteiger partial charge in [-0.05, 0) is 70.6 Å². The molecule has 0 aliphatic carbocycles. The Balaban J connectivity index is 3.86. The fourth-order valence-electron chi connectivity index (χ4n) is 5.17. The van der Waals surface area contributed by atoms with E-state index in [0.717, 1.165) is 37.8 Å². The molecule has 0 aromatic rings. The maximum Gasteiger partial charge on any atom is 0.407 e. The molecule has 0 aliphatic heterocycles. The summed E-state index contributed by atoms with van der Waals surface area (Å²) in [6.07, 6.45) is 13.8. The summed E-state index contributed by atoms with van der Waals surface area (Å²) in [6, 6.07) is 1.97. The number of hydrogen-bond donors (Lipinski definition) is 2. The van der Waals surface area contributed by atoms with Crippen LogP contribution in [0.1, 0.15) is 84.0 Å². The minimum absolute atomic E-state index is 0.250. The van der Waals surface area contributed by atoms with E-state index in [1.807, 2.05) is 0 Å². The first kappa shape index (κ1) is 43.0. The van der Waals surface area contributed by atoms with Gasteiger partial charge in [-0.15, -0.1) is 0 Å². The lowest BCUT2D eigenvalue weighted by molar-refractivity contribution is 0.0728. The van der Waals surface area contributed by atoms with E-state index >= 15 is 0 Å². The van der Waals surface area contributed by atoms with Crippen molar-refractivity contribution in [3.63, 3.8) is 0 Å². The van der Waals surface area contributed by atoms with Crippen LogP contribution in [0.25, 0.3) is 0 Å². The first-order valence-electron chi connectivity index (χ1n) is 17.1. The molecule has 13 heteroatoms. The second-order valence-corrected chi connectivity index (χ2v) is 25.7. The first-order valence-corrected chi connectivity index (χ1v) is 26.2. The number of ether oxygens (including phenoxy) is 4. The average Bonchev–Trinajstić information content (AvgIpc) is 2.93. The standard InChI is InChI=1S/C31H68N2O8Si3/c1-9-10-11-12-13-14-15-16-17-18-21-33-31(35)39-27-25-37-23-20-29-43(5,6)41-44(7,8)40-42(3,4)28-19-22-36-24-26-38-30(34)32-2/h9-29H2,1-8H3,(H,32,34)(H,33,35). The van der Waals surface area contributed by atoms with Gasteiger partial charge in [-0.1, -0.05) is 64.7 Å². The Morgan fingerprint density at radius 1 is 0.545 bits per heavy atom. The zero-order valence-corrected chi connectivity index (χ0v) is 32.6. The van der Waals surface area contributed by atoms with E-state index in [2.05, 4.69) is 56.8 Å². The molecule has 10 nitrogen and oxygen atoms in total. The number of unbranched alkanes of at least 4 members (excludes halogenated alkanes) is 9. The molecule has 0 unspecified atom stereocenters. The van der Waals surface area contributed by atoms with Crippen molar-refractivity contribution >= 4 is 37.4 Å². The number of alkyl carbamates (subject to hydrolysis) is 2. The first-order chi connectivity index (χ1) is 20.8. The van der Waals surface area contributed by atoms with Crippen molar-refractivity contribution in [2.24, 2.45) is 0 Å². The van der Waals surface area contributed by atoms with E-state index in [1.54, 1.807) is 0 Å². The second kappa shape index (κ2) is 26.1. The molecule has 44 heavy (non-hydrogen) atoms. The van der Waals surface area contributed by atoms with Crippen molar-refractivity contribution in [2.75, 3.05) is 53.2 Å². The molecule has 0 bridgehead atoms. The summed E-state index contributed by atoms with van der Waals surface area (Å²) < 4.78 is 34.8. The molecule has 0 saturated carbocycles. The lowest BCUT2D eigenvalue weighted by Crippen LogP contribution is -2.52. The second-order valence-electron chi connectivity index (χ2n) is 13.2. The Bertz CT molecular complexity index is 730. The van der Waals surface area contributed by atoms with Gasteiger partial charge in [0, 0.05) is 26.8 Å². The van der Waals surface area contributed by atoms with Crippen LogP contribution in [-0.4, -0.2) is 90.6 Å². The van der Waals surface area contributed by atoms with Crippen LogP contribution < -0.4 is 10.6 Å². The average molecular weight is 681 g/mol. The van der Waals surface area contributed by atoms with Crippen molar-refractivity contribution in [3.8, 4) is 0 Å². The zero-order chi connectivity index (χ0) is 33.2. The molecule has 0 saturated heterocycles. The van der Waals surface area contributed by atoms with E-state index in [1.165, 1.54) is 58.4 Å². The van der Waals surface area contributed by atoms with E-state index in [0.29, 0.717) is 33.0 Å². The highest BCUT2D eigenvalue weighted by molar-refractivity contribution is 6.87. The molecule has 262 valence electrons. The summed E-state index contributed by atoms with van der Waals surface area (Å²) in [6.45, 7) is 18.8. The topological polar surface area (TPSA) is 114 Å². The minimum Gasteiger partial charge on any atom is -0.447 e. The summed E-state index contributed by atoms with van der Waals surface area (Å²) in [5, 5.41) is 5.25. The summed E-state index contributed by atoms with van der Waals surface area (Å²) in [7, 11) is -4.57. The van der Waals surface area contributed by atoms with Crippen LogP contribution in [0.2, 0.25) is 51.4 Å². The van der Waals surface area contributed by atoms with Gasteiger partial charge in [0.2, 0.25) is 0 Å². The number of carbonyl (C=O) groups excluding carboxylic acids is 2. The zero-order valence-electron chi connectivity index (χ0n) is 29.6. The largest absolute Gasteiger partial charge is 0.447 e. The van der Waals surface area contributed by atoms with Crippen LogP contribution in [0.15, 0.2) is 0 Å². The fraction of sp³-hybridized carbons (Fsp3) is 0.935. The van der Waals surface area contributed by atoms with Crippen molar-refractivity contribution in [1.29, 1.82) is 0 Å². The highest BCUT2D eigenvalue weighted by Crippen LogP contribution is 2.26. The third kappa shape index (κ3) is 28.5. The normalized spacial score (nSPS) is 12.3. The molecular weight excluding hydrogens is 613 g/mol. The van der Waals surface area contributed by atoms with Crippen LogP contribution in [0.3, 0.4) is 0 Å². The van der Waals surface area contributed by atoms with E-state index in [4.69, 9.17) is 27.2 Å². The summed E-state index contributed by atoms with van der Waals surface area (Å²) in [4.78, 5) is 22.9. The SMILES string of the molecule is CCCCCCCCCCCCNC(=O)OCCOCCC[Si](C)(C)O[Si](C)(C)O[Si](C)(C)CCCOCCOC(=O)NC. The molecule has 2 amide bonds. The Morgan fingerprint density at radius 2 is 0.977 bits per heavy atom. The van der Waals surface area contributed by atoms with Gasteiger partial charge in [-0.25, -0.2) is 9.59 Å². The van der Waals surface area contributed by atoms with Gasteiger partial charge in [-0.3, -0.25) is 0 Å². The molecule has 2 N–H and O–H groups in total. The summed E-state index contributed by atoms with van der Waals surface area (Å²) >= 11 is 0. The quantitative estimate of drug-likeness (QED) is 0.0605. The molecule has 0 radical (unpaired) electrons. The molecular formula is C31H68N2O8Si3.